The molecule has 1 aromatic heterocycles. The Labute approximate surface area is 155 Å². The van der Waals surface area contributed by atoms with Gasteiger partial charge >= 0.3 is 5.97 Å². The summed E-state index contributed by atoms with van der Waals surface area (Å²) in [6.45, 7) is 3.57. The maximum Gasteiger partial charge on any atom is 0.308 e. The van der Waals surface area contributed by atoms with Crippen molar-refractivity contribution >= 4 is 17.7 Å². The van der Waals surface area contributed by atoms with E-state index in [-0.39, 0.29) is 11.3 Å². The van der Waals surface area contributed by atoms with Gasteiger partial charge in [0.15, 0.2) is 11.5 Å². The zero-order chi connectivity index (χ0) is 19.6. The van der Waals surface area contributed by atoms with Gasteiger partial charge in [-0.1, -0.05) is 19.1 Å². The van der Waals surface area contributed by atoms with E-state index in [1.54, 1.807) is 30.3 Å². The van der Waals surface area contributed by atoms with Gasteiger partial charge in [-0.15, -0.1) is 0 Å². The fraction of sp³-hybridized carbons (Fsp3) is 0.250. The van der Waals surface area contributed by atoms with Gasteiger partial charge in [-0.25, -0.2) is 0 Å². The number of ketones is 1. The van der Waals surface area contributed by atoms with Crippen LogP contribution in [0.25, 0.3) is 0 Å². The Bertz CT molecular complexity index is 895. The van der Waals surface area contributed by atoms with Crippen LogP contribution >= 0.6 is 0 Å². The highest BCUT2D eigenvalue weighted by Crippen LogP contribution is 2.39. The molecule has 2 heterocycles. The van der Waals surface area contributed by atoms with Gasteiger partial charge < -0.3 is 19.2 Å². The van der Waals surface area contributed by atoms with Crippen molar-refractivity contribution < 1.29 is 28.6 Å². The van der Waals surface area contributed by atoms with Crippen LogP contribution in [0, 0.1) is 0 Å². The maximum absolute atomic E-state index is 12.9. The molecule has 1 aromatic carbocycles. The zero-order valence-corrected chi connectivity index (χ0v) is 15.0. The van der Waals surface area contributed by atoms with Crippen molar-refractivity contribution in [3.8, 4) is 5.75 Å². The van der Waals surface area contributed by atoms with Crippen molar-refractivity contribution in [3.63, 3.8) is 0 Å². The molecule has 1 atom stereocenters. The van der Waals surface area contributed by atoms with Gasteiger partial charge in [-0.05, 0) is 36.2 Å². The highest BCUT2D eigenvalue weighted by molar-refractivity contribution is 6.15. The summed E-state index contributed by atoms with van der Waals surface area (Å²) in [6, 6.07) is 8.78. The molecule has 0 saturated heterocycles. The summed E-state index contributed by atoms with van der Waals surface area (Å²) in [5.41, 5.74) is 0.593. The van der Waals surface area contributed by atoms with E-state index in [1.165, 1.54) is 24.2 Å². The molecule has 2 aromatic rings. The minimum absolute atomic E-state index is 0.0244. The predicted molar refractivity (Wildman–Crippen MR) is 95.2 cm³/mol. The summed E-state index contributed by atoms with van der Waals surface area (Å²) in [4.78, 5) is 37.9. The first-order chi connectivity index (χ1) is 12.9. The average Bonchev–Trinajstić information content (AvgIpc) is 3.25. The van der Waals surface area contributed by atoms with E-state index in [1.807, 2.05) is 6.92 Å². The van der Waals surface area contributed by atoms with Crippen LogP contribution in [0.3, 0.4) is 0 Å². The van der Waals surface area contributed by atoms with Gasteiger partial charge in [0, 0.05) is 13.5 Å². The smallest absolute Gasteiger partial charge is 0.308 e. The van der Waals surface area contributed by atoms with Crippen molar-refractivity contribution in [2.75, 3.05) is 6.54 Å². The fourth-order valence-corrected chi connectivity index (χ4v) is 3.13. The van der Waals surface area contributed by atoms with Gasteiger partial charge in [-0.3, -0.25) is 14.4 Å². The Kier molecular flexibility index (Phi) is 5.12. The molecule has 0 aliphatic carbocycles. The van der Waals surface area contributed by atoms with Crippen LogP contribution in [-0.2, 0) is 9.59 Å². The molecule has 140 valence electrons. The molecule has 1 aliphatic heterocycles. The number of hydrogen-bond donors (Lipinski definition) is 1. The Morgan fingerprint density at radius 2 is 1.93 bits per heavy atom. The first kappa shape index (κ1) is 18.4. The molecule has 0 spiro atoms. The largest absolute Gasteiger partial charge is 0.503 e. The van der Waals surface area contributed by atoms with Crippen LogP contribution in [-0.4, -0.2) is 34.2 Å². The Morgan fingerprint density at radius 1 is 1.22 bits per heavy atom. The molecule has 27 heavy (non-hydrogen) atoms. The van der Waals surface area contributed by atoms with Gasteiger partial charge in [0.1, 0.15) is 5.75 Å². The van der Waals surface area contributed by atoms with Crippen molar-refractivity contribution in [3.05, 3.63) is 65.3 Å². The maximum atomic E-state index is 12.9. The number of hydrogen-bond acceptors (Lipinski definition) is 6. The second-order valence-corrected chi connectivity index (χ2v) is 6.13. The number of Topliss-reactive ketones (excluding diaryl/α,β-unsaturated/α-hetero) is 1. The van der Waals surface area contributed by atoms with Crippen molar-refractivity contribution in [1.82, 2.24) is 4.90 Å². The lowest BCUT2D eigenvalue weighted by Gasteiger charge is -2.26. The predicted octanol–water partition coefficient (Wildman–Crippen LogP) is 3.19. The van der Waals surface area contributed by atoms with Gasteiger partial charge in [0.25, 0.3) is 5.91 Å². The van der Waals surface area contributed by atoms with Crippen LogP contribution in [0.4, 0.5) is 0 Å². The van der Waals surface area contributed by atoms with Crippen molar-refractivity contribution in [1.29, 1.82) is 0 Å². The van der Waals surface area contributed by atoms with E-state index in [4.69, 9.17) is 9.15 Å². The van der Waals surface area contributed by atoms with Gasteiger partial charge in [0.05, 0.1) is 17.9 Å². The number of furan rings is 1. The normalized spacial score (nSPS) is 16.7. The summed E-state index contributed by atoms with van der Waals surface area (Å²) in [6.07, 6.45) is 2.01. The molecule has 0 fully saturated rings. The molecule has 1 amide bonds. The Morgan fingerprint density at radius 3 is 2.48 bits per heavy atom. The highest BCUT2D eigenvalue weighted by atomic mass is 16.5. The van der Waals surface area contributed by atoms with Gasteiger partial charge in [-0.2, -0.15) is 0 Å². The number of rotatable bonds is 6. The third-order valence-electron chi connectivity index (χ3n) is 4.22. The summed E-state index contributed by atoms with van der Waals surface area (Å²) < 4.78 is 10.2. The second kappa shape index (κ2) is 7.49. The minimum atomic E-state index is -0.749. The Hall–Kier alpha value is -3.35. The van der Waals surface area contributed by atoms with E-state index < -0.39 is 29.5 Å². The monoisotopic (exact) mass is 369 g/mol. The van der Waals surface area contributed by atoms with Gasteiger partial charge in [0.2, 0.25) is 5.78 Å². The van der Waals surface area contributed by atoms with Crippen LogP contribution in [0.2, 0.25) is 0 Å². The lowest BCUT2D eigenvalue weighted by Crippen LogP contribution is -2.31. The molecular weight excluding hydrogens is 350 g/mol. The number of amides is 1. The van der Waals surface area contributed by atoms with E-state index in [9.17, 15) is 19.5 Å². The Balaban J connectivity index is 2.03. The number of aliphatic hydroxyl groups is 1. The lowest BCUT2D eigenvalue weighted by molar-refractivity contribution is -0.132. The number of carbonyl (C=O) groups excluding carboxylic acids is 3. The molecule has 1 N–H and O–H groups in total. The number of ether oxygens (including phenoxy) is 1. The first-order valence-corrected chi connectivity index (χ1v) is 8.54. The second-order valence-electron chi connectivity index (χ2n) is 6.13. The number of esters is 1. The standard InChI is InChI=1S/C20H19NO6/c1-3-10-21-17(13-6-8-14(9-7-13)27-12(2)22)16(19(24)20(21)25)18(23)15-5-4-11-26-15/h4-9,11,17,24H,3,10H2,1-2H3. The van der Waals surface area contributed by atoms with E-state index in [2.05, 4.69) is 0 Å². The molecular formula is C20H19NO6. The van der Waals surface area contributed by atoms with E-state index in [0.29, 0.717) is 24.3 Å². The average molecular weight is 369 g/mol. The van der Waals surface area contributed by atoms with Crippen molar-refractivity contribution in [2.45, 2.75) is 26.3 Å². The number of aliphatic hydroxyl groups excluding tert-OH is 1. The molecule has 0 radical (unpaired) electrons. The summed E-state index contributed by atoms with van der Waals surface area (Å²) >= 11 is 0. The van der Waals surface area contributed by atoms with Crippen LogP contribution < -0.4 is 4.74 Å². The summed E-state index contributed by atoms with van der Waals surface area (Å²) in [7, 11) is 0. The summed E-state index contributed by atoms with van der Waals surface area (Å²) in [5.74, 6) is -1.76. The van der Waals surface area contributed by atoms with Crippen LogP contribution in [0.1, 0.15) is 42.4 Å². The quantitative estimate of drug-likeness (QED) is 0.477. The third kappa shape index (κ3) is 3.48. The lowest BCUT2D eigenvalue weighted by atomic mass is 9.95. The van der Waals surface area contributed by atoms with E-state index in [0.717, 1.165) is 0 Å². The minimum Gasteiger partial charge on any atom is -0.503 e. The number of benzene rings is 1. The molecule has 0 saturated carbocycles. The topological polar surface area (TPSA) is 97.1 Å². The van der Waals surface area contributed by atoms with Crippen molar-refractivity contribution in [2.24, 2.45) is 0 Å². The molecule has 7 nitrogen and oxygen atoms in total. The molecule has 1 aliphatic rings. The highest BCUT2D eigenvalue weighted by Gasteiger charge is 2.43. The molecule has 7 heteroatoms. The fourth-order valence-electron chi connectivity index (χ4n) is 3.13. The SMILES string of the molecule is CCCN1C(=O)C(O)=C(C(=O)c2ccco2)C1c1ccc(OC(C)=O)cc1. The zero-order valence-electron chi connectivity index (χ0n) is 15.0. The number of carbonyl (C=O) groups is 3. The molecule has 1 unspecified atom stereocenters. The summed E-state index contributed by atoms with van der Waals surface area (Å²) in [5, 5.41) is 10.4. The third-order valence-corrected chi connectivity index (χ3v) is 4.22. The van der Waals surface area contributed by atoms with Crippen LogP contribution in [0.5, 0.6) is 5.75 Å². The van der Waals surface area contributed by atoms with Crippen LogP contribution in [0.15, 0.2) is 58.4 Å². The molecule has 0 bridgehead atoms. The van der Waals surface area contributed by atoms with E-state index >= 15 is 0 Å². The molecule has 3 rings (SSSR count). The first-order valence-electron chi connectivity index (χ1n) is 8.54. The number of nitrogens with zero attached hydrogens (tertiary/aromatic N) is 1.